The second kappa shape index (κ2) is 8.03. The number of benzene rings is 1. The number of aliphatic hydroxyl groups excluding tert-OH is 1. The number of hydrogen-bond acceptors (Lipinski definition) is 3. The van der Waals surface area contributed by atoms with Crippen LogP contribution in [-0.4, -0.2) is 10.1 Å². The Morgan fingerprint density at radius 3 is 2.22 bits per heavy atom. The van der Waals surface area contributed by atoms with Gasteiger partial charge in [-0.15, -0.1) is 11.3 Å². The highest BCUT2D eigenvalue weighted by molar-refractivity contribution is 7.81. The lowest BCUT2D eigenvalue weighted by atomic mass is 9.88. The molecule has 3 aromatic rings. The molecule has 0 saturated carbocycles. The molecule has 138 valence electrons. The molecule has 2 N–H and O–H groups in total. The minimum absolute atomic E-state index is 0.0571. The third-order valence-corrected chi connectivity index (χ3v) is 5.35. The van der Waals surface area contributed by atoms with Gasteiger partial charge in [-0.1, -0.05) is 57.3 Å². The molecular weight excluding hydrogens is 372 g/mol. The van der Waals surface area contributed by atoms with Crippen LogP contribution in [0.25, 0.3) is 11.5 Å². The Morgan fingerprint density at radius 2 is 1.67 bits per heavy atom. The van der Waals surface area contributed by atoms with Crippen LogP contribution in [0.2, 0.25) is 0 Å². The molecule has 0 aliphatic rings. The number of aliphatic hydroxyl groups is 1. The summed E-state index contributed by atoms with van der Waals surface area (Å²) >= 11 is 7.13. The first-order chi connectivity index (χ1) is 12.9. The Kier molecular flexibility index (Phi) is 5.73. The standard InChI is InChI=1S/C22H22N2OS2/c1-22(2,3)16-11-13-24(14-12-16)19(20(25)18-10-7-15-27-18)21(26)23-17-8-5-4-6-9-17/h4-15H,1-3H3,(H-,23,25,26)/p+1. The van der Waals surface area contributed by atoms with Gasteiger partial charge in [-0.25, -0.2) is 0 Å². The Morgan fingerprint density at radius 1 is 1.00 bits per heavy atom. The molecule has 0 aliphatic carbocycles. The molecule has 2 heterocycles. The molecule has 3 rings (SSSR count). The minimum Gasteiger partial charge on any atom is -0.501 e. The zero-order chi connectivity index (χ0) is 19.4. The van der Waals surface area contributed by atoms with Gasteiger partial charge in [0.1, 0.15) is 0 Å². The third-order valence-electron chi connectivity index (χ3n) is 4.18. The topological polar surface area (TPSA) is 36.1 Å². The number of aromatic nitrogens is 1. The van der Waals surface area contributed by atoms with Crippen LogP contribution in [0.4, 0.5) is 5.69 Å². The third kappa shape index (κ3) is 4.62. The molecule has 3 nitrogen and oxygen atoms in total. The zero-order valence-corrected chi connectivity index (χ0v) is 17.3. The van der Waals surface area contributed by atoms with E-state index in [9.17, 15) is 5.11 Å². The second-order valence-corrected chi connectivity index (χ2v) is 8.59. The van der Waals surface area contributed by atoms with Gasteiger partial charge in [-0.3, -0.25) is 0 Å². The number of rotatable bonds is 4. The van der Waals surface area contributed by atoms with Crippen LogP contribution in [0.1, 0.15) is 31.2 Å². The Labute approximate surface area is 169 Å². The monoisotopic (exact) mass is 395 g/mol. The average molecular weight is 396 g/mol. The summed E-state index contributed by atoms with van der Waals surface area (Å²) < 4.78 is 1.86. The lowest BCUT2D eigenvalue weighted by Gasteiger charge is -2.18. The van der Waals surface area contributed by atoms with E-state index in [2.05, 4.69) is 38.2 Å². The van der Waals surface area contributed by atoms with E-state index in [1.54, 1.807) is 0 Å². The number of pyridine rings is 1. The number of nitrogens with one attached hydrogen (secondary N) is 1. The van der Waals surface area contributed by atoms with Crippen molar-refractivity contribution in [3.05, 3.63) is 82.8 Å². The van der Waals surface area contributed by atoms with Crippen LogP contribution >= 0.6 is 23.6 Å². The maximum absolute atomic E-state index is 10.9. The van der Waals surface area contributed by atoms with E-state index in [0.717, 1.165) is 10.6 Å². The first-order valence-corrected chi connectivity index (χ1v) is 10.0. The van der Waals surface area contributed by atoms with E-state index in [0.29, 0.717) is 10.7 Å². The van der Waals surface area contributed by atoms with Crippen molar-refractivity contribution < 1.29 is 9.67 Å². The number of thiocarbonyl (C=S) groups is 1. The predicted molar refractivity (Wildman–Crippen MR) is 118 cm³/mol. The fraction of sp³-hybridized carbons (Fsp3) is 0.182. The number of thiophene rings is 1. The fourth-order valence-electron chi connectivity index (χ4n) is 2.66. The molecule has 5 heteroatoms. The van der Waals surface area contributed by atoms with Crippen LogP contribution in [-0.2, 0) is 5.41 Å². The van der Waals surface area contributed by atoms with Gasteiger partial charge in [-0.05, 0) is 34.6 Å². The summed E-state index contributed by atoms with van der Waals surface area (Å²) in [5.41, 5.74) is 2.71. The van der Waals surface area contributed by atoms with Gasteiger partial charge >= 0.3 is 0 Å². The van der Waals surface area contributed by atoms with Crippen molar-refractivity contribution in [1.82, 2.24) is 0 Å². The van der Waals surface area contributed by atoms with Gasteiger partial charge in [-0.2, -0.15) is 4.57 Å². The summed E-state index contributed by atoms with van der Waals surface area (Å²) in [6, 6.07) is 17.6. The van der Waals surface area contributed by atoms with Crippen molar-refractivity contribution in [1.29, 1.82) is 0 Å². The van der Waals surface area contributed by atoms with Crippen molar-refractivity contribution in [2.45, 2.75) is 26.2 Å². The van der Waals surface area contributed by atoms with E-state index in [1.165, 1.54) is 16.9 Å². The molecule has 0 fully saturated rings. The molecule has 0 amide bonds. The van der Waals surface area contributed by atoms with Gasteiger partial charge in [0, 0.05) is 17.8 Å². The number of anilines is 1. The van der Waals surface area contributed by atoms with E-state index in [1.807, 2.05) is 64.8 Å². The van der Waals surface area contributed by atoms with Gasteiger partial charge in [0.2, 0.25) is 5.76 Å². The predicted octanol–water partition coefficient (Wildman–Crippen LogP) is 5.66. The molecule has 1 aromatic carbocycles. The van der Waals surface area contributed by atoms with E-state index < -0.39 is 0 Å². The van der Waals surface area contributed by atoms with Crippen molar-refractivity contribution in [3.63, 3.8) is 0 Å². The maximum Gasteiger partial charge on any atom is 0.289 e. The normalized spacial score (nSPS) is 12.4. The Hall–Kier alpha value is -2.50. The van der Waals surface area contributed by atoms with E-state index in [-0.39, 0.29) is 11.2 Å². The molecule has 27 heavy (non-hydrogen) atoms. The molecule has 0 bridgehead atoms. The van der Waals surface area contributed by atoms with Crippen LogP contribution < -0.4 is 9.88 Å². The molecule has 0 spiro atoms. The lowest BCUT2D eigenvalue weighted by Crippen LogP contribution is -2.38. The average Bonchev–Trinajstić information content (AvgIpc) is 3.17. The molecule has 0 atom stereocenters. The fourth-order valence-corrected chi connectivity index (χ4v) is 3.65. The summed E-state index contributed by atoms with van der Waals surface area (Å²) in [6.07, 6.45) is 3.89. The van der Waals surface area contributed by atoms with E-state index in [4.69, 9.17) is 12.2 Å². The summed E-state index contributed by atoms with van der Waals surface area (Å²) in [5.74, 6) is 0.159. The van der Waals surface area contributed by atoms with Crippen molar-refractivity contribution in [2.75, 3.05) is 5.32 Å². The van der Waals surface area contributed by atoms with Crippen LogP contribution in [0.15, 0.2) is 72.4 Å². The van der Waals surface area contributed by atoms with Crippen molar-refractivity contribution in [2.24, 2.45) is 0 Å². The Bertz CT molecular complexity index is 938. The highest BCUT2D eigenvalue weighted by atomic mass is 32.1. The van der Waals surface area contributed by atoms with Gasteiger partial charge in [0.25, 0.3) is 5.70 Å². The summed E-state index contributed by atoms with van der Waals surface area (Å²) in [6.45, 7) is 6.52. The lowest BCUT2D eigenvalue weighted by molar-refractivity contribution is -0.575. The minimum atomic E-state index is 0.0571. The number of hydrogen-bond donors (Lipinski definition) is 2. The molecule has 0 unspecified atom stereocenters. The van der Waals surface area contributed by atoms with Gasteiger partial charge in [0.15, 0.2) is 17.4 Å². The SMILES string of the molecule is CC(C)(C)c1cc[n+](/C(C(=S)Nc2ccccc2)=C(\O)c2cccs2)cc1. The largest absolute Gasteiger partial charge is 0.501 e. The molecular formula is C22H23N2OS2+. The highest BCUT2D eigenvalue weighted by Crippen LogP contribution is 2.24. The molecule has 0 radical (unpaired) electrons. The van der Waals surface area contributed by atoms with Gasteiger partial charge < -0.3 is 10.4 Å². The molecule has 0 saturated heterocycles. The highest BCUT2D eigenvalue weighted by Gasteiger charge is 2.25. The van der Waals surface area contributed by atoms with Crippen LogP contribution in [0, 0.1) is 0 Å². The molecule has 0 aliphatic heterocycles. The maximum atomic E-state index is 10.9. The number of nitrogens with zero attached hydrogens (tertiary/aromatic N) is 1. The summed E-state index contributed by atoms with van der Waals surface area (Å²) in [7, 11) is 0. The first kappa shape index (κ1) is 19.3. The smallest absolute Gasteiger partial charge is 0.289 e. The number of para-hydroxylation sites is 1. The van der Waals surface area contributed by atoms with E-state index >= 15 is 0 Å². The zero-order valence-electron chi connectivity index (χ0n) is 15.6. The van der Waals surface area contributed by atoms with Crippen molar-refractivity contribution >= 4 is 45.7 Å². The molecule has 2 aromatic heterocycles. The van der Waals surface area contributed by atoms with Gasteiger partial charge in [0.05, 0.1) is 4.88 Å². The van der Waals surface area contributed by atoms with Crippen LogP contribution in [0.3, 0.4) is 0 Å². The quantitative estimate of drug-likeness (QED) is 0.259. The summed E-state index contributed by atoms with van der Waals surface area (Å²) in [5, 5.41) is 16.1. The summed E-state index contributed by atoms with van der Waals surface area (Å²) in [4.78, 5) is 1.23. The second-order valence-electron chi connectivity index (χ2n) is 7.24. The first-order valence-electron chi connectivity index (χ1n) is 8.72. The van der Waals surface area contributed by atoms with Crippen LogP contribution in [0.5, 0.6) is 0 Å². The Balaban J connectivity index is 2.03. The van der Waals surface area contributed by atoms with Crippen molar-refractivity contribution in [3.8, 4) is 0 Å².